The van der Waals surface area contributed by atoms with Crippen molar-refractivity contribution in [2.75, 3.05) is 18.0 Å². The summed E-state index contributed by atoms with van der Waals surface area (Å²) in [6.45, 7) is 1.56. The predicted molar refractivity (Wildman–Crippen MR) is 91.9 cm³/mol. The van der Waals surface area contributed by atoms with Crippen LogP contribution in [0.5, 0.6) is 5.75 Å². The van der Waals surface area contributed by atoms with E-state index >= 15 is 0 Å². The molecule has 0 saturated carbocycles. The Morgan fingerprint density at radius 2 is 1.96 bits per heavy atom. The normalized spacial score (nSPS) is 19.0. The summed E-state index contributed by atoms with van der Waals surface area (Å²) in [5, 5.41) is 0. The second-order valence-electron chi connectivity index (χ2n) is 6.67. The van der Waals surface area contributed by atoms with Crippen molar-refractivity contribution in [3.8, 4) is 5.75 Å². The second-order valence-corrected chi connectivity index (χ2v) is 6.67. The number of Topliss-reactive ketones (excluding diaryl/α,β-unsaturated/α-hetero) is 1. The van der Waals surface area contributed by atoms with E-state index in [1.54, 1.807) is 12.7 Å². The molecular formula is C18H17N5O2. The van der Waals surface area contributed by atoms with Crippen molar-refractivity contribution in [2.45, 2.75) is 24.9 Å². The molecule has 25 heavy (non-hydrogen) atoms. The van der Waals surface area contributed by atoms with Gasteiger partial charge in [-0.2, -0.15) is 0 Å². The number of aromatic nitrogens is 4. The number of benzene rings is 1. The lowest BCUT2D eigenvalue weighted by molar-refractivity contribution is 0.0231. The molecule has 5 rings (SSSR count). The van der Waals surface area contributed by atoms with Gasteiger partial charge in [0.25, 0.3) is 0 Å². The summed E-state index contributed by atoms with van der Waals surface area (Å²) in [5.41, 5.74) is 1.82. The molecule has 1 aromatic carbocycles. The fourth-order valence-electron chi connectivity index (χ4n) is 3.84. The van der Waals surface area contributed by atoms with Gasteiger partial charge in [-0.05, 0) is 12.1 Å². The Kier molecular flexibility index (Phi) is 3.03. The van der Waals surface area contributed by atoms with Crippen LogP contribution in [-0.2, 0) is 0 Å². The Morgan fingerprint density at radius 1 is 1.12 bits per heavy atom. The molecule has 1 fully saturated rings. The van der Waals surface area contributed by atoms with Crippen LogP contribution in [0.1, 0.15) is 29.6 Å². The topological polar surface area (TPSA) is 84.0 Å². The first-order valence-electron chi connectivity index (χ1n) is 8.44. The maximum atomic E-state index is 12.5. The number of aromatic amines is 1. The number of H-pyrrole nitrogens is 1. The van der Waals surface area contributed by atoms with E-state index in [4.69, 9.17) is 4.74 Å². The molecule has 1 N–H and O–H groups in total. The number of nitrogens with zero attached hydrogens (tertiary/aromatic N) is 4. The lowest BCUT2D eigenvalue weighted by atomic mass is 9.82. The molecule has 7 heteroatoms. The maximum Gasteiger partial charge on any atom is 0.182 e. The number of ether oxygens (including phenoxy) is 1. The number of piperidine rings is 1. The first-order valence-corrected chi connectivity index (χ1v) is 8.44. The van der Waals surface area contributed by atoms with Crippen LogP contribution >= 0.6 is 0 Å². The van der Waals surface area contributed by atoms with Crippen molar-refractivity contribution < 1.29 is 9.53 Å². The molecule has 0 atom stereocenters. The third-order valence-corrected chi connectivity index (χ3v) is 5.17. The number of carbonyl (C=O) groups is 1. The van der Waals surface area contributed by atoms with E-state index < -0.39 is 5.60 Å². The average Bonchev–Trinajstić information content (AvgIpc) is 3.11. The van der Waals surface area contributed by atoms with Crippen molar-refractivity contribution in [3.63, 3.8) is 0 Å². The van der Waals surface area contributed by atoms with Gasteiger partial charge in [0, 0.05) is 25.9 Å². The first kappa shape index (κ1) is 14.4. The standard InChI is InChI=1S/C18H17N5O2/c24-13-9-18(25-14-4-2-1-3-12(13)14)5-7-23(8-6-18)17-15-16(20-10-19-15)21-11-22-17/h1-4,10-11H,5-9H2,(H,19,20,21,22). The number of ketones is 1. The van der Waals surface area contributed by atoms with Gasteiger partial charge in [-0.15, -0.1) is 0 Å². The monoisotopic (exact) mass is 335 g/mol. The summed E-state index contributed by atoms with van der Waals surface area (Å²) >= 11 is 0. The summed E-state index contributed by atoms with van der Waals surface area (Å²) < 4.78 is 6.29. The molecule has 0 amide bonds. The highest BCUT2D eigenvalue weighted by Gasteiger charge is 2.43. The number of rotatable bonds is 1. The largest absolute Gasteiger partial charge is 0.486 e. The molecule has 0 bridgehead atoms. The van der Waals surface area contributed by atoms with Crippen LogP contribution in [0, 0.1) is 0 Å². The Balaban J connectivity index is 1.40. The van der Waals surface area contributed by atoms with Gasteiger partial charge in [0.2, 0.25) is 0 Å². The van der Waals surface area contributed by atoms with Crippen LogP contribution in [0.2, 0.25) is 0 Å². The lowest BCUT2D eigenvalue weighted by Crippen LogP contribution is -2.51. The van der Waals surface area contributed by atoms with E-state index in [9.17, 15) is 4.79 Å². The highest BCUT2D eigenvalue weighted by Crippen LogP contribution is 2.40. The van der Waals surface area contributed by atoms with Gasteiger partial charge < -0.3 is 14.6 Å². The molecule has 1 spiro atoms. The van der Waals surface area contributed by atoms with E-state index in [1.807, 2.05) is 24.3 Å². The fraction of sp³-hybridized carbons (Fsp3) is 0.333. The van der Waals surface area contributed by atoms with Crippen molar-refractivity contribution in [3.05, 3.63) is 42.5 Å². The van der Waals surface area contributed by atoms with E-state index in [2.05, 4.69) is 24.8 Å². The first-order chi connectivity index (χ1) is 12.2. The molecule has 3 aromatic rings. The number of para-hydroxylation sites is 1. The summed E-state index contributed by atoms with van der Waals surface area (Å²) in [5.74, 6) is 1.75. The fourth-order valence-corrected chi connectivity index (χ4v) is 3.84. The minimum Gasteiger partial charge on any atom is -0.486 e. The van der Waals surface area contributed by atoms with Gasteiger partial charge in [-0.25, -0.2) is 15.0 Å². The molecule has 1 saturated heterocycles. The molecule has 0 aliphatic carbocycles. The van der Waals surface area contributed by atoms with Crippen LogP contribution in [0.4, 0.5) is 5.82 Å². The third kappa shape index (κ3) is 2.26. The van der Waals surface area contributed by atoms with Gasteiger partial charge >= 0.3 is 0 Å². The highest BCUT2D eigenvalue weighted by atomic mass is 16.5. The van der Waals surface area contributed by atoms with E-state index in [-0.39, 0.29) is 5.78 Å². The van der Waals surface area contributed by atoms with Crippen LogP contribution in [0.25, 0.3) is 11.2 Å². The second kappa shape index (κ2) is 5.27. The zero-order valence-corrected chi connectivity index (χ0v) is 13.6. The van der Waals surface area contributed by atoms with Crippen molar-refractivity contribution in [2.24, 2.45) is 0 Å². The quantitative estimate of drug-likeness (QED) is 0.735. The summed E-state index contributed by atoms with van der Waals surface area (Å²) in [7, 11) is 0. The number of nitrogens with one attached hydrogen (secondary N) is 1. The molecule has 2 aliphatic heterocycles. The Hall–Kier alpha value is -2.96. The number of anilines is 1. The smallest absolute Gasteiger partial charge is 0.182 e. The Bertz CT molecular complexity index is 959. The SMILES string of the molecule is O=C1CC2(CCN(c3ncnc4nc[nH]c34)CC2)Oc2ccccc21. The molecule has 0 radical (unpaired) electrons. The summed E-state index contributed by atoms with van der Waals surface area (Å²) in [6, 6.07) is 7.52. The Labute approximate surface area is 144 Å². The number of imidazole rings is 1. The van der Waals surface area contributed by atoms with E-state index in [1.165, 1.54) is 0 Å². The molecule has 0 unspecified atom stereocenters. The van der Waals surface area contributed by atoms with Crippen molar-refractivity contribution in [1.82, 2.24) is 19.9 Å². The number of carbonyl (C=O) groups excluding carboxylic acids is 1. The minimum absolute atomic E-state index is 0.174. The molecule has 4 heterocycles. The zero-order chi connectivity index (χ0) is 16.9. The Morgan fingerprint density at radius 3 is 2.84 bits per heavy atom. The molecule has 7 nitrogen and oxygen atoms in total. The number of hydrogen-bond acceptors (Lipinski definition) is 6. The number of hydrogen-bond donors (Lipinski definition) is 1. The molecule has 2 aliphatic rings. The van der Waals surface area contributed by atoms with Gasteiger partial charge in [0.05, 0.1) is 18.3 Å². The third-order valence-electron chi connectivity index (χ3n) is 5.17. The lowest BCUT2D eigenvalue weighted by Gasteiger charge is -2.44. The van der Waals surface area contributed by atoms with Crippen LogP contribution in [0.15, 0.2) is 36.9 Å². The predicted octanol–water partition coefficient (Wildman–Crippen LogP) is 2.36. The minimum atomic E-state index is -0.401. The van der Waals surface area contributed by atoms with Gasteiger partial charge in [0.15, 0.2) is 17.2 Å². The van der Waals surface area contributed by atoms with Gasteiger partial charge in [-0.1, -0.05) is 12.1 Å². The molecular weight excluding hydrogens is 318 g/mol. The van der Waals surface area contributed by atoms with E-state index in [0.29, 0.717) is 23.4 Å². The molecule has 2 aromatic heterocycles. The summed E-state index contributed by atoms with van der Waals surface area (Å²) in [4.78, 5) is 30.6. The van der Waals surface area contributed by atoms with E-state index in [0.717, 1.165) is 37.3 Å². The van der Waals surface area contributed by atoms with Crippen LogP contribution < -0.4 is 9.64 Å². The van der Waals surface area contributed by atoms with Crippen LogP contribution in [0.3, 0.4) is 0 Å². The van der Waals surface area contributed by atoms with Crippen molar-refractivity contribution in [1.29, 1.82) is 0 Å². The van der Waals surface area contributed by atoms with Crippen LogP contribution in [-0.4, -0.2) is 44.4 Å². The highest BCUT2D eigenvalue weighted by molar-refractivity contribution is 6.00. The summed E-state index contributed by atoms with van der Waals surface area (Å²) in [6.07, 6.45) is 5.19. The van der Waals surface area contributed by atoms with Gasteiger partial charge in [0.1, 0.15) is 23.2 Å². The maximum absolute atomic E-state index is 12.5. The average molecular weight is 335 g/mol. The number of fused-ring (bicyclic) bond motifs is 2. The van der Waals surface area contributed by atoms with Gasteiger partial charge in [-0.3, -0.25) is 4.79 Å². The molecule has 126 valence electrons. The van der Waals surface area contributed by atoms with Crippen molar-refractivity contribution >= 4 is 22.8 Å². The zero-order valence-electron chi connectivity index (χ0n) is 13.6.